The molecule has 0 saturated carbocycles. The predicted molar refractivity (Wildman–Crippen MR) is 79.3 cm³/mol. The number of carbonyl (C=O) groups is 1. The number of rotatable bonds is 4. The monoisotopic (exact) mass is 274 g/mol. The van der Waals surface area contributed by atoms with Crippen LogP contribution in [0.1, 0.15) is 21.6 Å². The Morgan fingerprint density at radius 1 is 1.16 bits per heavy atom. The lowest BCUT2D eigenvalue weighted by Gasteiger charge is -2.09. The Hall–Kier alpha value is -1.81. The SMILES string of the molecule is Cc1ccc(CNC(=O)NCc2cccs2)c(C)c1. The van der Waals surface area contributed by atoms with Crippen LogP contribution >= 0.6 is 11.3 Å². The molecule has 0 saturated heterocycles. The Labute approximate surface area is 117 Å². The molecule has 2 rings (SSSR count). The number of amides is 2. The maximum absolute atomic E-state index is 11.7. The molecule has 0 aliphatic rings. The van der Waals surface area contributed by atoms with Gasteiger partial charge in [0.1, 0.15) is 0 Å². The van der Waals surface area contributed by atoms with Crippen LogP contribution in [0, 0.1) is 13.8 Å². The molecule has 1 aromatic carbocycles. The van der Waals surface area contributed by atoms with Crippen LogP contribution < -0.4 is 10.6 Å². The van der Waals surface area contributed by atoms with Crippen molar-refractivity contribution < 1.29 is 4.79 Å². The van der Waals surface area contributed by atoms with Crippen molar-refractivity contribution in [3.63, 3.8) is 0 Å². The number of hydrogen-bond acceptors (Lipinski definition) is 2. The molecular weight excluding hydrogens is 256 g/mol. The first-order valence-corrected chi connectivity index (χ1v) is 7.13. The molecule has 0 radical (unpaired) electrons. The van der Waals surface area contributed by atoms with E-state index in [2.05, 4.69) is 42.7 Å². The van der Waals surface area contributed by atoms with Crippen LogP contribution in [0.25, 0.3) is 0 Å². The molecule has 1 heterocycles. The molecule has 0 atom stereocenters. The van der Waals surface area contributed by atoms with Gasteiger partial charge in [0.2, 0.25) is 0 Å². The van der Waals surface area contributed by atoms with Crippen LogP contribution in [0.4, 0.5) is 4.79 Å². The first-order chi connectivity index (χ1) is 9.15. The largest absolute Gasteiger partial charge is 0.334 e. The summed E-state index contributed by atoms with van der Waals surface area (Å²) < 4.78 is 0. The van der Waals surface area contributed by atoms with Crippen LogP contribution in [0.15, 0.2) is 35.7 Å². The highest BCUT2D eigenvalue weighted by molar-refractivity contribution is 7.09. The maximum Gasteiger partial charge on any atom is 0.315 e. The van der Waals surface area contributed by atoms with E-state index in [-0.39, 0.29) is 6.03 Å². The Morgan fingerprint density at radius 2 is 1.95 bits per heavy atom. The van der Waals surface area contributed by atoms with E-state index in [9.17, 15) is 4.79 Å². The van der Waals surface area contributed by atoms with Crippen molar-refractivity contribution in [2.75, 3.05) is 0 Å². The minimum atomic E-state index is -0.131. The number of urea groups is 1. The van der Waals surface area contributed by atoms with Crippen LogP contribution in [0.3, 0.4) is 0 Å². The summed E-state index contributed by atoms with van der Waals surface area (Å²) in [7, 11) is 0. The van der Waals surface area contributed by atoms with Crippen LogP contribution in [-0.2, 0) is 13.1 Å². The van der Waals surface area contributed by atoms with Crippen LogP contribution in [0.2, 0.25) is 0 Å². The molecule has 0 unspecified atom stereocenters. The van der Waals surface area contributed by atoms with Gasteiger partial charge in [-0.15, -0.1) is 11.3 Å². The van der Waals surface area contributed by atoms with E-state index in [1.54, 1.807) is 11.3 Å². The second-order valence-electron chi connectivity index (χ2n) is 4.55. The number of thiophene rings is 1. The zero-order chi connectivity index (χ0) is 13.7. The summed E-state index contributed by atoms with van der Waals surface area (Å²) in [5, 5.41) is 7.73. The van der Waals surface area contributed by atoms with E-state index in [4.69, 9.17) is 0 Å². The van der Waals surface area contributed by atoms with E-state index >= 15 is 0 Å². The van der Waals surface area contributed by atoms with Crippen molar-refractivity contribution in [2.45, 2.75) is 26.9 Å². The third-order valence-electron chi connectivity index (χ3n) is 2.94. The lowest BCUT2D eigenvalue weighted by atomic mass is 10.1. The lowest BCUT2D eigenvalue weighted by molar-refractivity contribution is 0.240. The van der Waals surface area contributed by atoms with E-state index in [0.29, 0.717) is 13.1 Å². The number of benzene rings is 1. The van der Waals surface area contributed by atoms with Crippen LogP contribution in [0.5, 0.6) is 0 Å². The van der Waals surface area contributed by atoms with Crippen molar-refractivity contribution in [3.8, 4) is 0 Å². The van der Waals surface area contributed by atoms with Crippen molar-refractivity contribution in [2.24, 2.45) is 0 Å². The highest BCUT2D eigenvalue weighted by Crippen LogP contribution is 2.10. The number of nitrogens with one attached hydrogen (secondary N) is 2. The Bertz CT molecular complexity index is 549. The molecule has 3 nitrogen and oxygen atoms in total. The Morgan fingerprint density at radius 3 is 2.63 bits per heavy atom. The first-order valence-electron chi connectivity index (χ1n) is 6.25. The highest BCUT2D eigenvalue weighted by Gasteiger charge is 2.03. The standard InChI is InChI=1S/C15H18N2OS/c1-11-5-6-13(12(2)8-11)9-16-15(18)17-10-14-4-3-7-19-14/h3-8H,9-10H2,1-2H3,(H2,16,17,18). The van der Waals surface area contributed by atoms with Gasteiger partial charge in [-0.05, 0) is 36.4 Å². The number of aryl methyl sites for hydroxylation is 2. The van der Waals surface area contributed by atoms with Crippen molar-refractivity contribution in [1.29, 1.82) is 0 Å². The lowest BCUT2D eigenvalue weighted by Crippen LogP contribution is -2.34. The maximum atomic E-state index is 11.7. The Balaban J connectivity index is 1.80. The molecule has 2 amide bonds. The second-order valence-corrected chi connectivity index (χ2v) is 5.58. The van der Waals surface area contributed by atoms with Gasteiger partial charge in [-0.1, -0.05) is 29.8 Å². The van der Waals surface area contributed by atoms with E-state index < -0.39 is 0 Å². The molecule has 0 bridgehead atoms. The second kappa shape index (κ2) is 6.38. The fourth-order valence-corrected chi connectivity index (χ4v) is 2.51. The van der Waals surface area contributed by atoms with E-state index in [1.165, 1.54) is 11.1 Å². The molecule has 100 valence electrons. The summed E-state index contributed by atoms with van der Waals surface area (Å²) in [4.78, 5) is 12.8. The molecule has 1 aromatic heterocycles. The smallest absolute Gasteiger partial charge is 0.315 e. The van der Waals surface area contributed by atoms with Gasteiger partial charge in [0.15, 0.2) is 0 Å². The first kappa shape index (κ1) is 13.6. The van der Waals surface area contributed by atoms with Gasteiger partial charge < -0.3 is 10.6 Å². The van der Waals surface area contributed by atoms with Crippen molar-refractivity contribution in [1.82, 2.24) is 10.6 Å². The fourth-order valence-electron chi connectivity index (χ4n) is 1.86. The number of carbonyl (C=O) groups excluding carboxylic acids is 1. The molecule has 19 heavy (non-hydrogen) atoms. The van der Waals surface area contributed by atoms with Gasteiger partial charge in [0.05, 0.1) is 6.54 Å². The summed E-state index contributed by atoms with van der Waals surface area (Å²) >= 11 is 1.64. The fraction of sp³-hybridized carbons (Fsp3) is 0.267. The molecule has 0 aliphatic heterocycles. The summed E-state index contributed by atoms with van der Waals surface area (Å²) in [6, 6.07) is 10.1. The van der Waals surface area contributed by atoms with Crippen molar-refractivity contribution in [3.05, 3.63) is 57.3 Å². The predicted octanol–water partition coefficient (Wildman–Crippen LogP) is 3.36. The summed E-state index contributed by atoms with van der Waals surface area (Å²) in [6.07, 6.45) is 0. The normalized spacial score (nSPS) is 10.2. The van der Waals surface area contributed by atoms with Gasteiger partial charge >= 0.3 is 6.03 Å². The topological polar surface area (TPSA) is 41.1 Å². The quantitative estimate of drug-likeness (QED) is 0.882. The van der Waals surface area contributed by atoms with E-state index in [1.807, 2.05) is 17.5 Å². The average Bonchev–Trinajstić information content (AvgIpc) is 2.88. The Kier molecular flexibility index (Phi) is 4.58. The summed E-state index contributed by atoms with van der Waals surface area (Å²) in [5.74, 6) is 0. The molecule has 0 fully saturated rings. The van der Waals surface area contributed by atoms with E-state index in [0.717, 1.165) is 10.4 Å². The zero-order valence-corrected chi connectivity index (χ0v) is 12.0. The minimum Gasteiger partial charge on any atom is -0.334 e. The van der Waals surface area contributed by atoms with Gasteiger partial charge in [-0.25, -0.2) is 4.79 Å². The zero-order valence-electron chi connectivity index (χ0n) is 11.2. The third-order valence-corrected chi connectivity index (χ3v) is 3.82. The number of hydrogen-bond donors (Lipinski definition) is 2. The van der Waals surface area contributed by atoms with Crippen LogP contribution in [-0.4, -0.2) is 6.03 Å². The van der Waals surface area contributed by atoms with Crippen molar-refractivity contribution >= 4 is 17.4 Å². The summed E-state index contributed by atoms with van der Waals surface area (Å²) in [5.41, 5.74) is 3.60. The molecule has 2 aromatic rings. The van der Waals surface area contributed by atoms with Gasteiger partial charge in [0.25, 0.3) is 0 Å². The minimum absolute atomic E-state index is 0.131. The summed E-state index contributed by atoms with van der Waals surface area (Å²) in [6.45, 7) is 5.27. The molecular formula is C15H18N2OS. The molecule has 2 N–H and O–H groups in total. The highest BCUT2D eigenvalue weighted by atomic mass is 32.1. The molecule has 0 spiro atoms. The van der Waals surface area contributed by atoms with Gasteiger partial charge in [-0.2, -0.15) is 0 Å². The van der Waals surface area contributed by atoms with Gasteiger partial charge in [0, 0.05) is 11.4 Å². The van der Waals surface area contributed by atoms with Gasteiger partial charge in [-0.3, -0.25) is 0 Å². The third kappa shape index (κ3) is 4.10. The molecule has 4 heteroatoms. The average molecular weight is 274 g/mol. The molecule has 0 aliphatic carbocycles.